The zero-order valence-corrected chi connectivity index (χ0v) is 13.8. The van der Waals surface area contributed by atoms with E-state index in [9.17, 15) is 0 Å². The second-order valence-corrected chi connectivity index (χ2v) is 4.50. The van der Waals surface area contributed by atoms with E-state index in [-0.39, 0.29) is 1.43 Å². The predicted octanol–water partition coefficient (Wildman–Crippen LogP) is 5.07. The van der Waals surface area contributed by atoms with Crippen LogP contribution >= 0.6 is 0 Å². The van der Waals surface area contributed by atoms with Crippen LogP contribution < -0.4 is 10.1 Å². The predicted molar refractivity (Wildman–Crippen MR) is 92.6 cm³/mol. The third kappa shape index (κ3) is 8.00. The summed E-state index contributed by atoms with van der Waals surface area (Å²) in [7, 11) is 1.72. The first-order valence-electron chi connectivity index (χ1n) is 7.79. The Bertz CT molecular complexity index is 377. The van der Waals surface area contributed by atoms with Gasteiger partial charge >= 0.3 is 0 Å². The second-order valence-electron chi connectivity index (χ2n) is 4.50. The van der Waals surface area contributed by atoms with Crippen LogP contribution in [-0.4, -0.2) is 20.2 Å². The molecule has 0 aliphatic carbocycles. The fraction of sp³-hybridized carbons (Fsp3) is 0.556. The molecule has 0 saturated heterocycles. The van der Waals surface area contributed by atoms with E-state index in [1.165, 1.54) is 24.0 Å². The van der Waals surface area contributed by atoms with Gasteiger partial charge in [-0.3, -0.25) is 0 Å². The highest BCUT2D eigenvalue weighted by Gasteiger charge is 1.98. The Kier molecular flexibility index (Phi) is 11.9. The van der Waals surface area contributed by atoms with Crippen LogP contribution in [0.1, 0.15) is 52.6 Å². The highest BCUT2D eigenvalue weighted by molar-refractivity contribution is 5.58. The van der Waals surface area contributed by atoms with Crippen molar-refractivity contribution in [3.63, 3.8) is 0 Å². The second kappa shape index (κ2) is 12.7. The molecule has 0 fully saturated rings. The summed E-state index contributed by atoms with van der Waals surface area (Å²) in [6.07, 6.45) is 8.01. The molecule has 0 atom stereocenters. The Morgan fingerprint density at radius 2 is 2.00 bits per heavy atom. The van der Waals surface area contributed by atoms with Gasteiger partial charge in [-0.2, -0.15) is 0 Å². The number of allylic oxidation sites excluding steroid dienone is 1. The molecule has 2 nitrogen and oxygen atoms in total. The number of hydrogen-bond donors (Lipinski definition) is 1. The molecule has 0 aliphatic rings. The van der Waals surface area contributed by atoms with Crippen molar-refractivity contribution >= 4 is 6.08 Å². The number of aryl methyl sites for hydroxylation is 1. The van der Waals surface area contributed by atoms with Crippen molar-refractivity contribution in [3.8, 4) is 5.75 Å². The number of nitrogens with one attached hydrogen (secondary N) is 1. The lowest BCUT2D eigenvalue weighted by Crippen LogP contribution is -2.13. The number of hydrogen-bond acceptors (Lipinski definition) is 2. The molecule has 0 amide bonds. The summed E-state index contributed by atoms with van der Waals surface area (Å²) in [4.78, 5) is 0. The van der Waals surface area contributed by atoms with Gasteiger partial charge in [0.1, 0.15) is 5.75 Å². The molecule has 1 aromatic rings. The first kappa shape index (κ1) is 18.7. The standard InChI is InChI=1S/C16H25NO.C2H6.H2/c1-4-17-12-8-6-5-7-9-15-13-14(2)10-11-16(15)18-3;1-2;/h7,9-11,13,17H,4-6,8,12H2,1-3H3;1-2H3;1H/b9-7+;;. The third-order valence-electron chi connectivity index (χ3n) is 2.91. The third-order valence-corrected chi connectivity index (χ3v) is 2.91. The Balaban J connectivity index is 0. The Hall–Kier alpha value is -1.28. The molecule has 116 valence electrons. The van der Waals surface area contributed by atoms with Gasteiger partial charge in [0, 0.05) is 6.99 Å². The van der Waals surface area contributed by atoms with Crippen LogP contribution in [0.5, 0.6) is 5.75 Å². The molecular weight excluding hydrogens is 246 g/mol. The van der Waals surface area contributed by atoms with Gasteiger partial charge in [-0.15, -0.1) is 0 Å². The van der Waals surface area contributed by atoms with Crippen LogP contribution in [0.4, 0.5) is 0 Å². The van der Waals surface area contributed by atoms with Crippen molar-refractivity contribution in [1.29, 1.82) is 0 Å². The minimum absolute atomic E-state index is 0. The van der Waals surface area contributed by atoms with Crippen LogP contribution in [0.15, 0.2) is 24.3 Å². The maximum atomic E-state index is 5.35. The van der Waals surface area contributed by atoms with Crippen LogP contribution in [0.25, 0.3) is 6.08 Å². The van der Waals surface area contributed by atoms with Gasteiger partial charge in [-0.05, 0) is 51.4 Å². The van der Waals surface area contributed by atoms with Crippen molar-refractivity contribution < 1.29 is 6.16 Å². The van der Waals surface area contributed by atoms with Crippen LogP contribution in [0, 0.1) is 6.92 Å². The highest BCUT2D eigenvalue weighted by Crippen LogP contribution is 2.21. The monoisotopic (exact) mass is 279 g/mol. The molecule has 0 bridgehead atoms. The molecule has 0 heterocycles. The van der Waals surface area contributed by atoms with Crippen LogP contribution in [0.3, 0.4) is 0 Å². The number of rotatable bonds is 8. The zero-order chi connectivity index (χ0) is 15.2. The molecule has 2 heteroatoms. The average Bonchev–Trinajstić information content (AvgIpc) is 2.48. The van der Waals surface area contributed by atoms with Crippen LogP contribution in [0.2, 0.25) is 0 Å². The number of methoxy groups -OCH3 is 1. The summed E-state index contributed by atoms with van der Waals surface area (Å²) in [5, 5.41) is 3.34. The van der Waals surface area contributed by atoms with E-state index in [4.69, 9.17) is 4.74 Å². The van der Waals surface area contributed by atoms with Crippen molar-refractivity contribution in [2.24, 2.45) is 0 Å². The summed E-state index contributed by atoms with van der Waals surface area (Å²) in [6.45, 7) is 10.4. The quantitative estimate of drug-likeness (QED) is 0.671. The SMILES string of the molecule is CC.CCNCCCC/C=C/c1cc(C)ccc1OC.[HH]. The molecule has 1 aromatic carbocycles. The highest BCUT2D eigenvalue weighted by atomic mass is 16.5. The minimum atomic E-state index is 0. The molecule has 0 aliphatic heterocycles. The Morgan fingerprint density at radius 3 is 2.65 bits per heavy atom. The average molecular weight is 279 g/mol. The van der Waals surface area contributed by atoms with Gasteiger partial charge < -0.3 is 10.1 Å². The minimum Gasteiger partial charge on any atom is -0.496 e. The van der Waals surface area contributed by atoms with Crippen molar-refractivity contribution in [2.75, 3.05) is 20.2 Å². The van der Waals surface area contributed by atoms with Gasteiger partial charge in [0.05, 0.1) is 7.11 Å². The van der Waals surface area contributed by atoms with Gasteiger partial charge in [0.15, 0.2) is 0 Å². The van der Waals surface area contributed by atoms with Crippen molar-refractivity contribution in [3.05, 3.63) is 35.4 Å². The molecule has 0 unspecified atom stereocenters. The lowest BCUT2D eigenvalue weighted by Gasteiger charge is -2.05. The fourth-order valence-electron chi connectivity index (χ4n) is 1.88. The van der Waals surface area contributed by atoms with E-state index in [2.05, 4.69) is 43.4 Å². The molecule has 1 rings (SSSR count). The maximum Gasteiger partial charge on any atom is 0.126 e. The number of ether oxygens (including phenoxy) is 1. The maximum absolute atomic E-state index is 5.35. The molecule has 20 heavy (non-hydrogen) atoms. The summed E-state index contributed by atoms with van der Waals surface area (Å²) in [6, 6.07) is 6.26. The van der Waals surface area contributed by atoms with E-state index < -0.39 is 0 Å². The largest absolute Gasteiger partial charge is 0.496 e. The van der Waals surface area contributed by atoms with Gasteiger partial charge in [0.2, 0.25) is 0 Å². The summed E-state index contributed by atoms with van der Waals surface area (Å²) in [5.74, 6) is 0.949. The lowest BCUT2D eigenvalue weighted by atomic mass is 10.1. The van der Waals surface area contributed by atoms with Crippen molar-refractivity contribution in [1.82, 2.24) is 5.32 Å². The molecule has 0 saturated carbocycles. The Labute approximate surface area is 126 Å². The topological polar surface area (TPSA) is 21.3 Å². The number of benzene rings is 1. The molecular formula is C18H33NO. The molecule has 0 radical (unpaired) electrons. The first-order chi connectivity index (χ1) is 9.77. The number of unbranched alkanes of at least 4 members (excludes halogenated alkanes) is 2. The summed E-state index contributed by atoms with van der Waals surface area (Å²) in [5.41, 5.74) is 2.44. The smallest absolute Gasteiger partial charge is 0.126 e. The Morgan fingerprint density at radius 1 is 1.25 bits per heavy atom. The first-order valence-corrected chi connectivity index (χ1v) is 7.79. The van der Waals surface area contributed by atoms with E-state index in [0.29, 0.717) is 0 Å². The zero-order valence-electron chi connectivity index (χ0n) is 13.8. The summed E-state index contributed by atoms with van der Waals surface area (Å²) < 4.78 is 5.35. The van der Waals surface area contributed by atoms with Crippen LogP contribution in [-0.2, 0) is 0 Å². The molecule has 0 spiro atoms. The molecule has 0 aromatic heterocycles. The summed E-state index contributed by atoms with van der Waals surface area (Å²) >= 11 is 0. The lowest BCUT2D eigenvalue weighted by molar-refractivity contribution is 0.413. The molecule has 1 N–H and O–H groups in total. The van der Waals surface area contributed by atoms with Gasteiger partial charge in [0.25, 0.3) is 0 Å². The van der Waals surface area contributed by atoms with E-state index >= 15 is 0 Å². The van der Waals surface area contributed by atoms with Crippen molar-refractivity contribution in [2.45, 2.75) is 47.0 Å². The van der Waals surface area contributed by atoms with E-state index in [0.717, 1.165) is 25.3 Å². The van der Waals surface area contributed by atoms with Gasteiger partial charge in [-0.25, -0.2) is 0 Å². The normalized spacial score (nSPS) is 10.2. The van der Waals surface area contributed by atoms with Gasteiger partial charge in [-0.1, -0.05) is 44.6 Å². The van der Waals surface area contributed by atoms with E-state index in [1.54, 1.807) is 7.11 Å². The van der Waals surface area contributed by atoms with E-state index in [1.807, 2.05) is 19.9 Å². The fourth-order valence-corrected chi connectivity index (χ4v) is 1.88.